The minimum absolute atomic E-state index is 0.0367. The number of amides is 1. The van der Waals surface area contributed by atoms with E-state index in [0.717, 1.165) is 27.6 Å². The van der Waals surface area contributed by atoms with Gasteiger partial charge in [-0.3, -0.25) is 9.78 Å². The molecule has 0 aliphatic heterocycles. The number of rotatable bonds is 4. The van der Waals surface area contributed by atoms with Gasteiger partial charge in [-0.25, -0.2) is 4.98 Å². The molecule has 0 fully saturated rings. The maximum atomic E-state index is 12.7. The van der Waals surface area contributed by atoms with E-state index in [0.29, 0.717) is 10.6 Å². The van der Waals surface area contributed by atoms with E-state index in [1.54, 1.807) is 12.4 Å². The Kier molecular flexibility index (Phi) is 4.27. The molecule has 0 saturated heterocycles. The summed E-state index contributed by atoms with van der Waals surface area (Å²) in [4.78, 5) is 19.9. The van der Waals surface area contributed by atoms with Gasteiger partial charge < -0.3 is 15.8 Å². The number of carbonyl (C=O) groups is 1. The molecular formula is C18H11F3N4O2S. The van der Waals surface area contributed by atoms with E-state index in [1.165, 1.54) is 17.4 Å². The quantitative estimate of drug-likeness (QED) is 0.519. The molecule has 28 heavy (non-hydrogen) atoms. The summed E-state index contributed by atoms with van der Waals surface area (Å²) in [6, 6.07) is 8.94. The summed E-state index contributed by atoms with van der Waals surface area (Å²) in [7, 11) is 0. The number of nitrogens with two attached hydrogens (primary N) is 1. The van der Waals surface area contributed by atoms with Gasteiger partial charge in [0.25, 0.3) is 0 Å². The monoisotopic (exact) mass is 404 g/mol. The van der Waals surface area contributed by atoms with Gasteiger partial charge in [-0.05, 0) is 30.3 Å². The van der Waals surface area contributed by atoms with Gasteiger partial charge in [-0.15, -0.1) is 13.2 Å². The van der Waals surface area contributed by atoms with Crippen molar-refractivity contribution in [3.63, 3.8) is 0 Å². The Morgan fingerprint density at radius 2 is 2.00 bits per heavy atom. The van der Waals surface area contributed by atoms with Crippen LogP contribution in [-0.4, -0.2) is 22.2 Å². The first kappa shape index (κ1) is 18.0. The minimum atomic E-state index is -4.89. The first-order valence-electron chi connectivity index (χ1n) is 7.90. The van der Waals surface area contributed by atoms with Crippen LogP contribution in [0.2, 0.25) is 0 Å². The number of ether oxygens (including phenoxy) is 1. The van der Waals surface area contributed by atoms with E-state index < -0.39 is 18.0 Å². The van der Waals surface area contributed by atoms with Crippen molar-refractivity contribution in [2.24, 2.45) is 5.73 Å². The SMILES string of the molecule is NC(=O)c1ccc(OC(F)(F)F)c(Nc2nc3c(ccc4cnccc43)s2)c1. The number of thiazole rings is 1. The highest BCUT2D eigenvalue weighted by Gasteiger charge is 2.32. The normalized spacial score (nSPS) is 11.7. The Morgan fingerprint density at radius 1 is 1.18 bits per heavy atom. The van der Waals surface area contributed by atoms with E-state index >= 15 is 0 Å². The van der Waals surface area contributed by atoms with Crippen molar-refractivity contribution in [3.05, 3.63) is 54.4 Å². The van der Waals surface area contributed by atoms with Crippen molar-refractivity contribution >= 4 is 49.1 Å². The lowest BCUT2D eigenvalue weighted by Gasteiger charge is -2.14. The lowest BCUT2D eigenvalue weighted by Crippen LogP contribution is -2.18. The van der Waals surface area contributed by atoms with Crippen LogP contribution < -0.4 is 15.8 Å². The second kappa shape index (κ2) is 6.64. The summed E-state index contributed by atoms with van der Waals surface area (Å²) in [6.07, 6.45) is -1.55. The van der Waals surface area contributed by atoms with Crippen molar-refractivity contribution in [2.75, 3.05) is 5.32 Å². The molecule has 0 spiro atoms. The maximum Gasteiger partial charge on any atom is 0.573 e. The van der Waals surface area contributed by atoms with Gasteiger partial charge in [-0.1, -0.05) is 17.4 Å². The summed E-state index contributed by atoms with van der Waals surface area (Å²) < 4.78 is 43.0. The molecule has 2 aromatic heterocycles. The Balaban J connectivity index is 1.78. The number of pyridine rings is 1. The molecule has 4 rings (SSSR count). The number of benzene rings is 2. The van der Waals surface area contributed by atoms with E-state index in [2.05, 4.69) is 20.0 Å². The Morgan fingerprint density at radius 3 is 2.75 bits per heavy atom. The standard InChI is InChI=1S/C18H11F3N4O2S/c19-18(20,21)27-13-3-1-9(16(22)26)7-12(13)24-17-25-15-11-5-6-23-8-10(11)2-4-14(15)28-17/h1-8H,(H2,22,26)(H,24,25). The average molecular weight is 404 g/mol. The molecule has 0 radical (unpaired) electrons. The van der Waals surface area contributed by atoms with Crippen molar-refractivity contribution in [1.29, 1.82) is 0 Å². The molecule has 10 heteroatoms. The number of anilines is 2. The number of hydrogen-bond acceptors (Lipinski definition) is 6. The van der Waals surface area contributed by atoms with Gasteiger partial charge in [0.05, 0.1) is 15.9 Å². The molecule has 0 aliphatic rings. The van der Waals surface area contributed by atoms with Gasteiger partial charge in [0.1, 0.15) is 0 Å². The third-order valence-corrected chi connectivity index (χ3v) is 4.84. The van der Waals surface area contributed by atoms with E-state index in [4.69, 9.17) is 5.73 Å². The number of nitrogens with zero attached hydrogens (tertiary/aromatic N) is 2. The number of aromatic nitrogens is 2. The third-order valence-electron chi connectivity index (χ3n) is 3.91. The predicted octanol–water partition coefficient (Wildman–Crippen LogP) is 4.59. The second-order valence-electron chi connectivity index (χ2n) is 5.78. The Hall–Kier alpha value is -3.40. The van der Waals surface area contributed by atoms with Crippen LogP contribution in [0.25, 0.3) is 21.0 Å². The first-order valence-corrected chi connectivity index (χ1v) is 8.72. The Labute approximate surface area is 159 Å². The molecule has 0 atom stereocenters. The van der Waals surface area contributed by atoms with Crippen LogP contribution in [0, 0.1) is 0 Å². The van der Waals surface area contributed by atoms with E-state index in [-0.39, 0.29) is 11.3 Å². The predicted molar refractivity (Wildman–Crippen MR) is 99.8 cm³/mol. The van der Waals surface area contributed by atoms with Crippen LogP contribution >= 0.6 is 11.3 Å². The molecule has 0 bridgehead atoms. The summed E-state index contributed by atoms with van der Waals surface area (Å²) >= 11 is 1.25. The van der Waals surface area contributed by atoms with Gasteiger partial charge in [-0.2, -0.15) is 0 Å². The highest BCUT2D eigenvalue weighted by atomic mass is 32.1. The largest absolute Gasteiger partial charge is 0.573 e. The summed E-state index contributed by atoms with van der Waals surface area (Å²) in [5.74, 6) is -1.27. The Bertz CT molecular complexity index is 1210. The molecular weight excluding hydrogens is 393 g/mol. The highest BCUT2D eigenvalue weighted by molar-refractivity contribution is 7.22. The van der Waals surface area contributed by atoms with Crippen molar-refractivity contribution < 1.29 is 22.7 Å². The van der Waals surface area contributed by atoms with Crippen LogP contribution in [0.3, 0.4) is 0 Å². The fraction of sp³-hybridized carbons (Fsp3) is 0.0556. The summed E-state index contributed by atoms with van der Waals surface area (Å²) in [5.41, 5.74) is 5.89. The average Bonchev–Trinajstić information content (AvgIpc) is 3.05. The molecule has 6 nitrogen and oxygen atoms in total. The van der Waals surface area contributed by atoms with Gasteiger partial charge >= 0.3 is 6.36 Å². The summed E-state index contributed by atoms with van der Waals surface area (Å²) in [6.45, 7) is 0. The van der Waals surface area contributed by atoms with Crippen LogP contribution in [0.1, 0.15) is 10.4 Å². The van der Waals surface area contributed by atoms with E-state index in [9.17, 15) is 18.0 Å². The minimum Gasteiger partial charge on any atom is -0.404 e. The number of hydrogen-bond donors (Lipinski definition) is 2. The fourth-order valence-electron chi connectivity index (χ4n) is 2.72. The lowest BCUT2D eigenvalue weighted by atomic mass is 10.1. The molecule has 4 aromatic rings. The van der Waals surface area contributed by atoms with Crippen LogP contribution in [0.4, 0.5) is 24.0 Å². The number of primary amides is 1. The van der Waals surface area contributed by atoms with Gasteiger partial charge in [0, 0.05) is 28.7 Å². The smallest absolute Gasteiger partial charge is 0.404 e. The molecule has 1 amide bonds. The molecule has 3 N–H and O–H groups in total. The zero-order valence-electron chi connectivity index (χ0n) is 13.9. The zero-order chi connectivity index (χ0) is 19.9. The van der Waals surface area contributed by atoms with Crippen LogP contribution in [-0.2, 0) is 0 Å². The molecule has 0 unspecified atom stereocenters. The van der Waals surface area contributed by atoms with Crippen molar-refractivity contribution in [3.8, 4) is 5.75 Å². The second-order valence-corrected chi connectivity index (χ2v) is 6.81. The lowest BCUT2D eigenvalue weighted by molar-refractivity contribution is -0.274. The molecule has 2 aromatic carbocycles. The van der Waals surface area contributed by atoms with Crippen LogP contribution in [0.15, 0.2) is 48.8 Å². The highest BCUT2D eigenvalue weighted by Crippen LogP contribution is 2.37. The summed E-state index contributed by atoms with van der Waals surface area (Å²) in [5, 5.41) is 4.91. The number of nitrogens with one attached hydrogen (secondary N) is 1. The van der Waals surface area contributed by atoms with Crippen LogP contribution in [0.5, 0.6) is 5.75 Å². The van der Waals surface area contributed by atoms with Crippen molar-refractivity contribution in [2.45, 2.75) is 6.36 Å². The molecule has 0 aliphatic carbocycles. The fourth-order valence-corrected chi connectivity index (χ4v) is 3.62. The number of halogens is 3. The maximum absolute atomic E-state index is 12.7. The van der Waals surface area contributed by atoms with E-state index in [1.807, 2.05) is 18.2 Å². The van der Waals surface area contributed by atoms with Gasteiger partial charge in [0.15, 0.2) is 10.9 Å². The number of carbonyl (C=O) groups excluding carboxylic acids is 1. The topological polar surface area (TPSA) is 90.1 Å². The third kappa shape index (κ3) is 3.54. The molecule has 142 valence electrons. The zero-order valence-corrected chi connectivity index (χ0v) is 14.8. The number of alkyl halides is 3. The number of fused-ring (bicyclic) bond motifs is 3. The molecule has 2 heterocycles. The molecule has 0 saturated carbocycles. The van der Waals surface area contributed by atoms with Gasteiger partial charge in [0.2, 0.25) is 5.91 Å². The first-order chi connectivity index (χ1) is 13.3. The van der Waals surface area contributed by atoms with Crippen molar-refractivity contribution in [1.82, 2.24) is 9.97 Å².